The molecule has 244 valence electrons. The van der Waals surface area contributed by atoms with Gasteiger partial charge in [-0.05, 0) is 107 Å². The second kappa shape index (κ2) is 12.3. The van der Waals surface area contributed by atoms with E-state index in [4.69, 9.17) is 15.0 Å². The van der Waals surface area contributed by atoms with Gasteiger partial charge in [-0.15, -0.1) is 13.2 Å². The number of piperidine rings is 2. The first-order valence-corrected chi connectivity index (χ1v) is 16.3. The van der Waals surface area contributed by atoms with Gasteiger partial charge in [0.15, 0.2) is 0 Å². The molecular weight excluding hydrogens is 532 g/mol. The molecule has 0 spiro atoms. The van der Waals surface area contributed by atoms with E-state index in [1.165, 1.54) is 0 Å². The van der Waals surface area contributed by atoms with Gasteiger partial charge in [0.25, 0.3) is 0 Å². The third kappa shape index (κ3) is 10.2. The van der Waals surface area contributed by atoms with E-state index in [9.17, 15) is 0 Å². The number of anilines is 3. The van der Waals surface area contributed by atoms with Gasteiger partial charge in [0.05, 0.1) is 0 Å². The van der Waals surface area contributed by atoms with Crippen molar-refractivity contribution in [2.24, 2.45) is 5.41 Å². The summed E-state index contributed by atoms with van der Waals surface area (Å²) in [6.07, 6.45) is 8.78. The molecule has 0 unspecified atom stereocenters. The van der Waals surface area contributed by atoms with E-state index < -0.39 is 0 Å². The summed E-state index contributed by atoms with van der Waals surface area (Å²) >= 11 is 0. The smallest absolute Gasteiger partial charge is 0.232 e. The number of aromatic nitrogens is 3. The molecule has 0 bridgehead atoms. The molecule has 0 saturated carbocycles. The van der Waals surface area contributed by atoms with E-state index in [0.717, 1.165) is 38.1 Å². The Morgan fingerprint density at radius 3 is 1.49 bits per heavy atom. The van der Waals surface area contributed by atoms with Crippen molar-refractivity contribution in [3.05, 3.63) is 25.3 Å². The molecule has 2 aliphatic heterocycles. The van der Waals surface area contributed by atoms with E-state index in [1.807, 2.05) is 12.2 Å². The Hall–Kier alpha value is -2.19. The van der Waals surface area contributed by atoms with E-state index in [1.54, 1.807) is 0 Å². The topological polar surface area (TPSA) is 81.2 Å². The molecule has 2 fully saturated rings. The molecule has 1 aromatic heterocycles. The van der Waals surface area contributed by atoms with Gasteiger partial charge in [-0.25, -0.2) is 0 Å². The fourth-order valence-corrected chi connectivity index (χ4v) is 8.44. The Morgan fingerprint density at radius 1 is 0.721 bits per heavy atom. The number of rotatable bonds is 11. The van der Waals surface area contributed by atoms with Crippen LogP contribution in [0.15, 0.2) is 25.3 Å². The largest absolute Gasteiger partial charge is 0.349 e. The standard InChI is InChI=1S/C35H64N8/c1-16-18-42(19-17-2)28-36-27(39-35(14,15)24-30(3,4)5)37-29(38-28)43(25-20-31(6,7)40-32(8,9)21-25)26-22-33(10,11)41-34(12,13)23-26/h16-17,25-26,40-41H,1-2,18-24H2,3-15H3,(H,36,37,38,39). The van der Waals surface area contributed by atoms with Crippen molar-refractivity contribution in [3.8, 4) is 0 Å². The summed E-state index contributed by atoms with van der Waals surface area (Å²) in [5.74, 6) is 2.04. The molecule has 43 heavy (non-hydrogen) atoms. The molecular formula is C35H64N8. The lowest BCUT2D eigenvalue weighted by atomic mass is 9.75. The lowest BCUT2D eigenvalue weighted by molar-refractivity contribution is 0.123. The molecule has 8 heteroatoms. The molecule has 0 atom stereocenters. The van der Waals surface area contributed by atoms with Crippen LogP contribution in [-0.4, -0.2) is 67.8 Å². The maximum Gasteiger partial charge on any atom is 0.232 e. The summed E-state index contributed by atoms with van der Waals surface area (Å²) in [5.41, 5.74) is -0.147. The predicted octanol–water partition coefficient (Wildman–Crippen LogP) is 7.10. The molecule has 3 rings (SSSR count). The zero-order valence-corrected chi connectivity index (χ0v) is 29.9. The van der Waals surface area contributed by atoms with Crippen molar-refractivity contribution in [2.75, 3.05) is 28.2 Å². The Morgan fingerprint density at radius 2 is 1.12 bits per heavy atom. The fraction of sp³-hybridized carbons (Fsp3) is 0.800. The highest BCUT2D eigenvalue weighted by Crippen LogP contribution is 2.40. The first kappa shape index (κ1) is 35.3. The van der Waals surface area contributed by atoms with Crippen LogP contribution < -0.4 is 25.8 Å². The highest BCUT2D eigenvalue weighted by Gasteiger charge is 2.47. The SMILES string of the molecule is C=CCN(CC=C)c1nc(NC(C)(C)CC(C)(C)C)nc(N(C2CC(C)(C)NC(C)(C)C2)C2CC(C)(C)NC(C)(C)C2)n1. The summed E-state index contributed by atoms with van der Waals surface area (Å²) in [4.78, 5) is 20.3. The van der Waals surface area contributed by atoms with Crippen molar-refractivity contribution in [2.45, 2.75) is 162 Å². The molecule has 1 aromatic rings. The Bertz CT molecular complexity index is 1050. The minimum absolute atomic E-state index is 0.0219. The summed E-state index contributed by atoms with van der Waals surface area (Å²) in [6.45, 7) is 39.2. The van der Waals surface area contributed by atoms with E-state index in [-0.39, 0.29) is 45.2 Å². The second-order valence-electron chi connectivity index (χ2n) is 17.8. The highest BCUT2D eigenvalue weighted by atomic mass is 15.4. The van der Waals surface area contributed by atoms with Crippen LogP contribution in [0, 0.1) is 5.41 Å². The van der Waals surface area contributed by atoms with Gasteiger partial charge in [-0.1, -0.05) is 32.9 Å². The summed E-state index contributed by atoms with van der Waals surface area (Å²) in [7, 11) is 0. The Labute approximate surface area is 264 Å². The number of nitrogens with one attached hydrogen (secondary N) is 3. The van der Waals surface area contributed by atoms with Crippen molar-refractivity contribution < 1.29 is 0 Å². The van der Waals surface area contributed by atoms with Gasteiger partial charge in [-0.3, -0.25) is 0 Å². The van der Waals surface area contributed by atoms with Gasteiger partial charge in [0, 0.05) is 52.9 Å². The zero-order chi connectivity index (χ0) is 32.6. The molecule has 0 aromatic carbocycles. The minimum atomic E-state index is -0.210. The van der Waals surface area contributed by atoms with Crippen molar-refractivity contribution in [1.82, 2.24) is 25.6 Å². The van der Waals surface area contributed by atoms with Crippen molar-refractivity contribution in [1.29, 1.82) is 0 Å². The maximum absolute atomic E-state index is 5.27. The molecule has 2 aliphatic rings. The lowest BCUT2D eigenvalue weighted by Crippen LogP contribution is -2.67. The predicted molar refractivity (Wildman–Crippen MR) is 185 cm³/mol. The number of hydrogen-bond acceptors (Lipinski definition) is 8. The van der Waals surface area contributed by atoms with Crippen LogP contribution in [0.4, 0.5) is 17.8 Å². The number of hydrogen-bond donors (Lipinski definition) is 3. The molecule has 3 heterocycles. The van der Waals surface area contributed by atoms with E-state index in [0.29, 0.717) is 25.0 Å². The lowest BCUT2D eigenvalue weighted by Gasteiger charge is -2.55. The third-order valence-electron chi connectivity index (χ3n) is 8.37. The summed E-state index contributed by atoms with van der Waals surface area (Å²) in [5, 5.41) is 11.5. The Kier molecular flexibility index (Phi) is 10.1. The fourth-order valence-electron chi connectivity index (χ4n) is 8.44. The van der Waals surface area contributed by atoms with Gasteiger partial charge in [-0.2, -0.15) is 15.0 Å². The molecule has 8 nitrogen and oxygen atoms in total. The molecule has 3 N–H and O–H groups in total. The monoisotopic (exact) mass is 597 g/mol. The molecule has 0 amide bonds. The summed E-state index contributed by atoms with van der Waals surface area (Å²) < 4.78 is 0. The zero-order valence-electron chi connectivity index (χ0n) is 29.9. The van der Waals surface area contributed by atoms with Crippen LogP contribution in [-0.2, 0) is 0 Å². The van der Waals surface area contributed by atoms with E-state index >= 15 is 0 Å². The summed E-state index contributed by atoms with van der Waals surface area (Å²) in [6, 6.07) is 0.526. The molecule has 2 saturated heterocycles. The average molecular weight is 597 g/mol. The quantitative estimate of drug-likeness (QED) is 0.233. The van der Waals surface area contributed by atoms with Crippen molar-refractivity contribution >= 4 is 17.8 Å². The normalized spacial score (nSPS) is 22.1. The maximum atomic E-state index is 5.27. The minimum Gasteiger partial charge on any atom is -0.349 e. The Balaban J connectivity index is 2.24. The third-order valence-corrected chi connectivity index (χ3v) is 8.37. The van der Waals surface area contributed by atoms with E-state index in [2.05, 4.69) is 129 Å². The molecule has 0 aliphatic carbocycles. The van der Waals surface area contributed by atoms with Gasteiger partial charge >= 0.3 is 0 Å². The number of nitrogens with zero attached hydrogens (tertiary/aromatic N) is 5. The van der Waals surface area contributed by atoms with Crippen molar-refractivity contribution in [3.63, 3.8) is 0 Å². The first-order chi connectivity index (χ1) is 19.4. The van der Waals surface area contributed by atoms with Crippen LogP contribution >= 0.6 is 0 Å². The van der Waals surface area contributed by atoms with Crippen LogP contribution in [0.5, 0.6) is 0 Å². The first-order valence-electron chi connectivity index (χ1n) is 16.3. The molecule has 0 radical (unpaired) electrons. The van der Waals surface area contributed by atoms with Gasteiger partial charge < -0.3 is 25.8 Å². The van der Waals surface area contributed by atoms with Gasteiger partial charge in [0.2, 0.25) is 17.8 Å². The highest BCUT2D eigenvalue weighted by molar-refractivity contribution is 5.49. The van der Waals surface area contributed by atoms with Crippen LogP contribution in [0.2, 0.25) is 0 Å². The van der Waals surface area contributed by atoms with Crippen LogP contribution in [0.1, 0.15) is 122 Å². The van der Waals surface area contributed by atoms with Crippen LogP contribution in [0.3, 0.4) is 0 Å². The van der Waals surface area contributed by atoms with Gasteiger partial charge in [0.1, 0.15) is 0 Å². The average Bonchev–Trinajstić information content (AvgIpc) is 2.72. The second-order valence-corrected chi connectivity index (χ2v) is 17.8. The van der Waals surface area contributed by atoms with Crippen LogP contribution in [0.25, 0.3) is 0 Å².